The first-order valence-electron chi connectivity index (χ1n) is 10.1. The minimum Gasteiger partial charge on any atom is -0.387 e. The van der Waals surface area contributed by atoms with E-state index in [-0.39, 0.29) is 33.5 Å². The molecule has 18 nitrogen and oxygen atoms in total. The lowest BCUT2D eigenvalue weighted by molar-refractivity contribution is -0.394. The van der Waals surface area contributed by atoms with Crippen molar-refractivity contribution in [1.82, 2.24) is 19.5 Å². The van der Waals surface area contributed by atoms with E-state index in [0.717, 1.165) is 36.3 Å². The minimum atomic E-state index is -4.90. The van der Waals surface area contributed by atoms with Gasteiger partial charge in [-0.05, 0) is 5.56 Å². The molecule has 0 radical (unpaired) electrons. The summed E-state index contributed by atoms with van der Waals surface area (Å²) in [5, 5.41) is 43.5. The normalized spacial score (nSPS) is 21.9. The number of ether oxygens (including phenoxy) is 1. The number of aliphatic hydroxyl groups is 2. The first-order valence-corrected chi connectivity index (χ1v) is 12.6. The zero-order valence-electron chi connectivity index (χ0n) is 18.3. The molecular weight excluding hydrogens is 541 g/mol. The van der Waals surface area contributed by atoms with Gasteiger partial charge in [0.1, 0.15) is 24.6 Å². The van der Waals surface area contributed by atoms with Gasteiger partial charge in [0.05, 0.1) is 22.5 Å². The molecule has 1 unspecified atom stereocenters. The van der Waals surface area contributed by atoms with Crippen LogP contribution in [0.3, 0.4) is 0 Å². The molecule has 1 saturated heterocycles. The van der Waals surface area contributed by atoms with Crippen molar-refractivity contribution in [2.24, 2.45) is 0 Å². The van der Waals surface area contributed by atoms with Crippen LogP contribution in [0.5, 0.6) is 0 Å². The molecular formula is C17H18N7O11PS. The molecule has 0 saturated carbocycles. The van der Waals surface area contributed by atoms with Crippen molar-refractivity contribution in [2.45, 2.75) is 35.4 Å². The van der Waals surface area contributed by atoms with Gasteiger partial charge >= 0.3 is 7.82 Å². The number of aliphatic hydroxyl groups excluding tert-OH is 2. The van der Waals surface area contributed by atoms with Gasteiger partial charge < -0.3 is 30.5 Å². The van der Waals surface area contributed by atoms with Gasteiger partial charge in [0.15, 0.2) is 28.4 Å². The van der Waals surface area contributed by atoms with Crippen molar-refractivity contribution >= 4 is 47.9 Å². The lowest BCUT2D eigenvalue weighted by Crippen LogP contribution is -2.33. The van der Waals surface area contributed by atoms with Crippen molar-refractivity contribution in [2.75, 3.05) is 12.3 Å². The minimum absolute atomic E-state index is 0.0361. The fourth-order valence-electron chi connectivity index (χ4n) is 3.59. The molecule has 198 valence electrons. The van der Waals surface area contributed by atoms with Crippen LogP contribution >= 0.6 is 19.6 Å². The van der Waals surface area contributed by atoms with E-state index in [4.69, 9.17) is 20.3 Å². The van der Waals surface area contributed by atoms with Crippen LogP contribution in [0.1, 0.15) is 11.8 Å². The number of non-ortho nitro benzene ring substituents is 2. The molecule has 4 rings (SSSR count). The number of hydrogen-bond acceptors (Lipinski definition) is 14. The van der Waals surface area contributed by atoms with E-state index >= 15 is 0 Å². The predicted octanol–water partition coefficient (Wildman–Crippen LogP) is 0.246. The van der Waals surface area contributed by atoms with Crippen molar-refractivity contribution in [3.05, 3.63) is 50.3 Å². The molecule has 3 heterocycles. The van der Waals surface area contributed by atoms with Crippen molar-refractivity contribution in [3.8, 4) is 0 Å². The van der Waals surface area contributed by atoms with Gasteiger partial charge in [-0.25, -0.2) is 19.5 Å². The molecule has 37 heavy (non-hydrogen) atoms. The maximum atomic E-state index is 11.2. The number of nitrogens with two attached hydrogens (primary N) is 1. The second-order valence-electron chi connectivity index (χ2n) is 7.69. The molecule has 4 atom stereocenters. The van der Waals surface area contributed by atoms with E-state index in [9.17, 15) is 35.0 Å². The second-order valence-corrected chi connectivity index (χ2v) is 9.87. The van der Waals surface area contributed by atoms with Gasteiger partial charge in [0, 0.05) is 17.9 Å². The lowest BCUT2D eigenvalue weighted by atomic mass is 10.1. The number of rotatable bonds is 9. The summed E-state index contributed by atoms with van der Waals surface area (Å²) < 4.78 is 22.3. The highest BCUT2D eigenvalue weighted by Crippen LogP contribution is 2.40. The predicted molar refractivity (Wildman–Crippen MR) is 123 cm³/mol. The topological polar surface area (TPSA) is 272 Å². The third-order valence-electron chi connectivity index (χ3n) is 5.22. The van der Waals surface area contributed by atoms with E-state index < -0.39 is 60.2 Å². The second kappa shape index (κ2) is 10.2. The molecule has 6 N–H and O–H groups in total. The first kappa shape index (κ1) is 26.8. The number of thioether (sulfide) groups is 1. The molecule has 2 aromatic heterocycles. The highest BCUT2D eigenvalue weighted by Gasteiger charge is 2.46. The molecule has 0 bridgehead atoms. The average molecular weight is 559 g/mol. The van der Waals surface area contributed by atoms with Gasteiger partial charge in [-0.2, -0.15) is 0 Å². The Hall–Kier alpha value is -3.29. The SMILES string of the molecule is Nc1ncnc2c1nc(SCc1cc([N+](=O)[O-])cc([N+](=O)[O-])c1)n2C1O[C@H](COP(=O)(O)O)[C@@H](O)[C@H]1O. The Kier molecular flexibility index (Phi) is 7.40. The zero-order valence-corrected chi connectivity index (χ0v) is 20.0. The summed E-state index contributed by atoms with van der Waals surface area (Å²) in [4.78, 5) is 51.0. The van der Waals surface area contributed by atoms with Crippen molar-refractivity contribution in [3.63, 3.8) is 0 Å². The van der Waals surface area contributed by atoms with Crippen LogP contribution in [0.2, 0.25) is 0 Å². The summed E-state index contributed by atoms with van der Waals surface area (Å²) in [6.07, 6.45) is -4.86. The summed E-state index contributed by atoms with van der Waals surface area (Å²) in [6.45, 7) is -0.747. The molecule has 1 aliphatic rings. The number of nitrogen functional groups attached to an aromatic ring is 1. The van der Waals surface area contributed by atoms with Crippen LogP contribution in [0.25, 0.3) is 11.2 Å². The van der Waals surface area contributed by atoms with Gasteiger partial charge in [0.25, 0.3) is 11.4 Å². The van der Waals surface area contributed by atoms with Gasteiger partial charge in [-0.3, -0.25) is 29.3 Å². The van der Waals surface area contributed by atoms with Crippen molar-refractivity contribution < 1.29 is 43.7 Å². The van der Waals surface area contributed by atoms with Crippen LogP contribution < -0.4 is 5.73 Å². The Bertz CT molecular complexity index is 1380. The van der Waals surface area contributed by atoms with Crippen LogP contribution in [-0.4, -0.2) is 74.3 Å². The summed E-state index contributed by atoms with van der Waals surface area (Å²) >= 11 is 0.939. The molecule has 3 aromatic rings. The number of anilines is 1. The lowest BCUT2D eigenvalue weighted by Gasteiger charge is -2.19. The number of benzene rings is 1. The maximum absolute atomic E-state index is 11.2. The molecule has 20 heteroatoms. The number of phosphoric acid groups is 1. The van der Waals surface area contributed by atoms with Crippen molar-refractivity contribution in [1.29, 1.82) is 0 Å². The highest BCUT2D eigenvalue weighted by molar-refractivity contribution is 7.98. The standard InChI is InChI=1S/C17H18N7O11PS/c18-14-11-15(20-6-19-14)22(16-13(26)12(25)10(35-16)4-34-36(31,32)33)17(21-11)37-5-7-1-8(23(27)28)3-9(2-7)24(29)30/h1-3,6,10,12-13,16,25-26H,4-5H2,(H2,18,19,20)(H2,31,32,33)/t10-,12-,13-,16?/m1/s1. The highest BCUT2D eigenvalue weighted by atomic mass is 32.2. The van der Waals surface area contributed by atoms with E-state index in [1.165, 1.54) is 4.57 Å². The smallest absolute Gasteiger partial charge is 0.387 e. The first-order chi connectivity index (χ1) is 17.4. The third kappa shape index (κ3) is 5.68. The number of nitro benzene ring substituents is 2. The molecule has 1 aromatic carbocycles. The largest absolute Gasteiger partial charge is 0.469 e. The quantitative estimate of drug-likeness (QED) is 0.102. The Balaban J connectivity index is 1.69. The fourth-order valence-corrected chi connectivity index (χ4v) is 4.88. The molecule has 1 fully saturated rings. The maximum Gasteiger partial charge on any atom is 0.469 e. The third-order valence-corrected chi connectivity index (χ3v) is 6.73. The summed E-state index contributed by atoms with van der Waals surface area (Å²) in [7, 11) is -4.90. The van der Waals surface area contributed by atoms with Gasteiger partial charge in [-0.1, -0.05) is 11.8 Å². The Morgan fingerprint density at radius 3 is 2.38 bits per heavy atom. The van der Waals surface area contributed by atoms with Gasteiger partial charge in [-0.15, -0.1) is 0 Å². The number of nitrogens with zero attached hydrogens (tertiary/aromatic N) is 6. The Morgan fingerprint density at radius 1 is 1.14 bits per heavy atom. The van der Waals surface area contributed by atoms with Crippen LogP contribution in [0.4, 0.5) is 17.2 Å². The number of aromatic nitrogens is 4. The van der Waals surface area contributed by atoms with E-state index in [0.29, 0.717) is 0 Å². The number of phosphoric ester groups is 1. The molecule has 0 amide bonds. The number of imidazole rings is 1. The van der Waals surface area contributed by atoms with E-state index in [1.54, 1.807) is 0 Å². The van der Waals surface area contributed by atoms with Gasteiger partial charge in [0.2, 0.25) is 0 Å². The average Bonchev–Trinajstić information content (AvgIpc) is 3.33. The molecule has 0 aliphatic carbocycles. The van der Waals surface area contributed by atoms with Crippen LogP contribution in [0.15, 0.2) is 29.7 Å². The monoisotopic (exact) mass is 559 g/mol. The number of fused-ring (bicyclic) bond motifs is 1. The summed E-state index contributed by atoms with van der Waals surface area (Å²) in [5.41, 5.74) is 5.30. The Morgan fingerprint density at radius 2 is 1.78 bits per heavy atom. The molecule has 0 spiro atoms. The summed E-state index contributed by atoms with van der Waals surface area (Å²) in [5.74, 6) is -0.0963. The molecule has 1 aliphatic heterocycles. The number of nitro groups is 2. The number of hydrogen-bond donors (Lipinski definition) is 5. The zero-order chi connectivity index (χ0) is 27.1. The fraction of sp³-hybridized carbons (Fsp3) is 0.353. The van der Waals surface area contributed by atoms with E-state index in [1.807, 2.05) is 0 Å². The van der Waals surface area contributed by atoms with E-state index in [2.05, 4.69) is 19.5 Å². The summed E-state index contributed by atoms with van der Waals surface area (Å²) in [6, 6.07) is 3.13. The van der Waals surface area contributed by atoms with Crippen LogP contribution in [0, 0.1) is 20.2 Å². The Labute approximate surface area is 209 Å². The van der Waals surface area contributed by atoms with Crippen LogP contribution in [-0.2, 0) is 19.6 Å².